The summed E-state index contributed by atoms with van der Waals surface area (Å²) in [5, 5.41) is 12.4. The van der Waals surface area contributed by atoms with Gasteiger partial charge < -0.3 is 25.4 Å². The molecule has 47 heavy (non-hydrogen) atoms. The predicted molar refractivity (Wildman–Crippen MR) is 184 cm³/mol. The molecule has 0 fully saturated rings. The molecule has 4 N–H and O–H groups in total. The van der Waals surface area contributed by atoms with Gasteiger partial charge in [-0.25, -0.2) is 10.2 Å². The second-order valence-electron chi connectivity index (χ2n) is 14.2. The first-order chi connectivity index (χ1) is 21.8. The number of alkyl carbamates (subject to hydrolysis) is 1. The second kappa shape index (κ2) is 17.5. The molecule has 2 rings (SSSR count). The third-order valence-electron chi connectivity index (χ3n) is 6.44. The summed E-state index contributed by atoms with van der Waals surface area (Å²) in [5.41, 5.74) is 3.62. The van der Waals surface area contributed by atoms with E-state index in [2.05, 4.69) is 26.5 Å². The van der Waals surface area contributed by atoms with Crippen molar-refractivity contribution in [2.45, 2.75) is 118 Å². The molecule has 0 saturated carbocycles. The Morgan fingerprint density at radius 3 is 1.70 bits per heavy atom. The van der Waals surface area contributed by atoms with Crippen molar-refractivity contribution in [1.82, 2.24) is 21.4 Å². The number of amides is 4. The number of hydrazone groups is 1. The Morgan fingerprint density at radius 1 is 0.681 bits per heavy atom. The van der Waals surface area contributed by atoms with Crippen LogP contribution in [-0.4, -0.2) is 58.9 Å². The maximum absolute atomic E-state index is 13.8. The number of hydrogen-bond acceptors (Lipinski definition) is 7. The Bertz CT molecular complexity index is 1360. The topological polar surface area (TPSA) is 147 Å². The summed E-state index contributed by atoms with van der Waals surface area (Å²) in [6.07, 6.45) is -0.108. The Balaban J connectivity index is 2.31. The minimum absolute atomic E-state index is 0.0208. The molecule has 0 saturated heterocycles. The van der Waals surface area contributed by atoms with Gasteiger partial charge in [-0.15, -0.1) is 0 Å². The van der Waals surface area contributed by atoms with Crippen LogP contribution in [0.1, 0.15) is 86.8 Å². The molecule has 0 unspecified atom stereocenters. The van der Waals surface area contributed by atoms with Crippen molar-refractivity contribution in [2.75, 3.05) is 0 Å². The third-order valence-corrected chi connectivity index (χ3v) is 6.44. The molecule has 0 aromatic heterocycles. The van der Waals surface area contributed by atoms with E-state index in [9.17, 15) is 19.2 Å². The van der Waals surface area contributed by atoms with Crippen molar-refractivity contribution < 1.29 is 28.7 Å². The normalized spacial score (nSPS) is 13.4. The van der Waals surface area contributed by atoms with E-state index in [1.54, 1.807) is 34.6 Å². The fourth-order valence-corrected chi connectivity index (χ4v) is 4.49. The number of ether oxygens (including phenoxy) is 2. The van der Waals surface area contributed by atoms with E-state index >= 15 is 0 Å². The van der Waals surface area contributed by atoms with Crippen molar-refractivity contribution in [3.8, 4) is 5.75 Å². The molecular weight excluding hydrogens is 598 g/mol. The SMILES string of the molecule is CC(C)=NNC(=O)[C@H](Cc1ccc(OC(C)(C)C)cc1)NC(=O)[C@H](CC(C)C)NC(=O)[C@H](Cc1ccccc1)NC(=O)OC(C)(C)C. The van der Waals surface area contributed by atoms with E-state index in [0.29, 0.717) is 17.9 Å². The highest BCUT2D eigenvalue weighted by Gasteiger charge is 2.31. The van der Waals surface area contributed by atoms with E-state index in [1.165, 1.54) is 0 Å². The zero-order chi connectivity index (χ0) is 35.4. The molecular formula is C36H53N5O6. The van der Waals surface area contributed by atoms with Crippen LogP contribution < -0.4 is 26.1 Å². The van der Waals surface area contributed by atoms with E-state index in [-0.39, 0.29) is 24.4 Å². The van der Waals surface area contributed by atoms with Crippen LogP contribution in [0.4, 0.5) is 4.79 Å². The molecule has 2 aromatic carbocycles. The molecule has 0 heterocycles. The zero-order valence-corrected chi connectivity index (χ0v) is 29.5. The molecule has 3 atom stereocenters. The van der Waals surface area contributed by atoms with Crippen molar-refractivity contribution in [1.29, 1.82) is 0 Å². The van der Waals surface area contributed by atoms with Crippen LogP contribution in [0, 0.1) is 5.92 Å². The number of rotatable bonds is 14. The van der Waals surface area contributed by atoms with Crippen molar-refractivity contribution >= 4 is 29.5 Å². The molecule has 0 aliphatic carbocycles. The van der Waals surface area contributed by atoms with E-state index in [4.69, 9.17) is 9.47 Å². The lowest BCUT2D eigenvalue weighted by molar-refractivity contribution is -0.133. The largest absolute Gasteiger partial charge is 0.488 e. The first-order valence-corrected chi connectivity index (χ1v) is 16.0. The molecule has 11 nitrogen and oxygen atoms in total. The van der Waals surface area contributed by atoms with Gasteiger partial charge in [0.05, 0.1) is 0 Å². The highest BCUT2D eigenvalue weighted by atomic mass is 16.6. The van der Waals surface area contributed by atoms with Gasteiger partial charge in [0.25, 0.3) is 5.91 Å². The number of carbonyl (C=O) groups excluding carboxylic acids is 4. The second-order valence-corrected chi connectivity index (χ2v) is 14.2. The summed E-state index contributed by atoms with van der Waals surface area (Å²) in [7, 11) is 0. The Morgan fingerprint density at radius 2 is 1.19 bits per heavy atom. The summed E-state index contributed by atoms with van der Waals surface area (Å²) in [6.45, 7) is 18.4. The molecule has 4 amide bonds. The summed E-state index contributed by atoms with van der Waals surface area (Å²) in [4.78, 5) is 53.4. The summed E-state index contributed by atoms with van der Waals surface area (Å²) >= 11 is 0. The Labute approximate surface area is 279 Å². The van der Waals surface area contributed by atoms with Crippen LogP contribution in [0.5, 0.6) is 5.75 Å². The first-order valence-electron chi connectivity index (χ1n) is 16.0. The highest BCUT2D eigenvalue weighted by molar-refractivity contribution is 5.94. The fraction of sp³-hybridized carbons (Fsp3) is 0.528. The van der Waals surface area contributed by atoms with Crippen molar-refractivity contribution in [2.24, 2.45) is 11.0 Å². The highest BCUT2D eigenvalue weighted by Crippen LogP contribution is 2.19. The molecule has 0 aliphatic heterocycles. The van der Waals surface area contributed by atoms with Gasteiger partial charge in [-0.3, -0.25) is 14.4 Å². The van der Waals surface area contributed by atoms with E-state index < -0.39 is 47.5 Å². The fourth-order valence-electron chi connectivity index (χ4n) is 4.49. The predicted octanol–water partition coefficient (Wildman–Crippen LogP) is 5.07. The maximum Gasteiger partial charge on any atom is 0.408 e. The van der Waals surface area contributed by atoms with Gasteiger partial charge in [0.1, 0.15) is 35.1 Å². The van der Waals surface area contributed by atoms with Gasteiger partial charge in [0.2, 0.25) is 11.8 Å². The quantitative estimate of drug-likeness (QED) is 0.166. The van der Waals surface area contributed by atoms with Crippen LogP contribution in [-0.2, 0) is 32.0 Å². The summed E-state index contributed by atoms with van der Waals surface area (Å²) < 4.78 is 11.3. The molecule has 0 spiro atoms. The monoisotopic (exact) mass is 651 g/mol. The van der Waals surface area contributed by atoms with Gasteiger partial charge >= 0.3 is 6.09 Å². The van der Waals surface area contributed by atoms with Crippen LogP contribution in [0.25, 0.3) is 0 Å². The number of nitrogens with one attached hydrogen (secondary N) is 4. The summed E-state index contributed by atoms with van der Waals surface area (Å²) in [6, 6.07) is 13.5. The zero-order valence-electron chi connectivity index (χ0n) is 29.5. The smallest absolute Gasteiger partial charge is 0.408 e. The molecule has 2 aromatic rings. The summed E-state index contributed by atoms with van der Waals surface area (Å²) in [5.74, 6) is -0.887. The van der Waals surface area contributed by atoms with Crippen molar-refractivity contribution in [3.63, 3.8) is 0 Å². The number of nitrogens with zero attached hydrogens (tertiary/aromatic N) is 1. The first kappa shape index (κ1) is 38.8. The molecule has 11 heteroatoms. The van der Waals surface area contributed by atoms with Gasteiger partial charge in [0, 0.05) is 18.6 Å². The minimum Gasteiger partial charge on any atom is -0.488 e. The van der Waals surface area contributed by atoms with E-state index in [1.807, 2.05) is 89.2 Å². The lowest BCUT2D eigenvalue weighted by Gasteiger charge is -2.27. The van der Waals surface area contributed by atoms with Gasteiger partial charge in [-0.1, -0.05) is 56.3 Å². The van der Waals surface area contributed by atoms with Gasteiger partial charge in [-0.2, -0.15) is 5.10 Å². The van der Waals surface area contributed by atoms with Crippen LogP contribution in [0.3, 0.4) is 0 Å². The van der Waals surface area contributed by atoms with Crippen LogP contribution in [0.15, 0.2) is 59.7 Å². The number of benzene rings is 2. The molecule has 258 valence electrons. The van der Waals surface area contributed by atoms with E-state index in [0.717, 1.165) is 11.1 Å². The Kier molecular flexibility index (Phi) is 14.4. The van der Waals surface area contributed by atoms with Crippen LogP contribution >= 0.6 is 0 Å². The number of hydrogen-bond donors (Lipinski definition) is 4. The number of carbonyl (C=O) groups is 4. The van der Waals surface area contributed by atoms with Gasteiger partial charge in [-0.05, 0) is 91.0 Å². The lowest BCUT2D eigenvalue weighted by atomic mass is 10.00. The lowest BCUT2D eigenvalue weighted by Crippen LogP contribution is -2.57. The molecule has 0 aliphatic rings. The van der Waals surface area contributed by atoms with Crippen molar-refractivity contribution in [3.05, 3.63) is 65.7 Å². The molecule has 0 radical (unpaired) electrons. The standard InChI is InChI=1S/C36H53N5O6/c1-23(2)20-28(37-32(43)29(21-25-14-12-11-13-15-25)39-34(45)47-36(8,9)10)31(42)38-30(33(44)41-40-24(3)4)22-26-16-18-27(19-17-26)46-35(5,6)7/h11-19,23,28-30H,20-22H2,1-10H3,(H,37,43)(H,38,42)(H,39,45)(H,41,44)/t28-,29-,30-/m0/s1. The van der Waals surface area contributed by atoms with Crippen LogP contribution in [0.2, 0.25) is 0 Å². The maximum atomic E-state index is 13.8. The minimum atomic E-state index is -1.02. The average Bonchev–Trinajstić information content (AvgIpc) is 2.94. The average molecular weight is 652 g/mol. The van der Waals surface area contributed by atoms with Gasteiger partial charge in [0.15, 0.2) is 0 Å². The Hall–Kier alpha value is -4.41. The third kappa shape index (κ3) is 15.6. The molecule has 0 bridgehead atoms.